The lowest BCUT2D eigenvalue weighted by Gasteiger charge is -2.35. The van der Waals surface area contributed by atoms with Gasteiger partial charge >= 0.3 is 0 Å². The Kier molecular flexibility index (Phi) is 11.6. The van der Waals surface area contributed by atoms with Gasteiger partial charge in [-0.05, 0) is 58.9 Å². The largest absolute Gasteiger partial charge is 0.494 e. The van der Waals surface area contributed by atoms with E-state index < -0.39 is 15.1 Å². The van der Waals surface area contributed by atoms with Gasteiger partial charge in [-0.1, -0.05) is 19.1 Å². The number of carbonyl (C=O) groups is 1. The molecule has 0 radical (unpaired) electrons. The van der Waals surface area contributed by atoms with Crippen LogP contribution in [-0.2, 0) is 14.6 Å². The molecule has 45 heavy (non-hydrogen) atoms. The van der Waals surface area contributed by atoms with Gasteiger partial charge in [-0.2, -0.15) is 4.98 Å². The molecule has 0 aliphatic carbocycles. The van der Waals surface area contributed by atoms with Crippen LogP contribution >= 0.6 is 0 Å². The number of sulfone groups is 1. The van der Waals surface area contributed by atoms with Crippen LogP contribution in [0, 0.1) is 6.92 Å². The van der Waals surface area contributed by atoms with Gasteiger partial charge in [-0.25, -0.2) is 13.4 Å². The molecule has 1 amide bonds. The fourth-order valence-electron chi connectivity index (χ4n) is 5.11. The lowest BCUT2D eigenvalue weighted by molar-refractivity contribution is -0.115. The molecule has 2 aromatic carbocycles. The Balaban J connectivity index is 1.62. The summed E-state index contributed by atoms with van der Waals surface area (Å²) in [5.41, 5.74) is 3.31. The van der Waals surface area contributed by atoms with Crippen molar-refractivity contribution in [3.63, 3.8) is 0 Å². The fraction of sp³-hybridized carbons (Fsp3) is 0.469. The number of nitrogens with one attached hydrogen (secondary N) is 5. The molecule has 5 N–H and O–H groups in total. The predicted molar refractivity (Wildman–Crippen MR) is 181 cm³/mol. The Morgan fingerprint density at radius 2 is 1.80 bits per heavy atom. The number of aromatic nitrogens is 2. The van der Waals surface area contributed by atoms with Gasteiger partial charge in [0.25, 0.3) is 0 Å². The lowest BCUT2D eigenvalue weighted by Crippen LogP contribution is -2.44. The number of piperidine rings is 1. The average molecular weight is 639 g/mol. The number of nitrogens with zero attached hydrogens (tertiary/aromatic N) is 3. The number of ether oxygens (including phenoxy) is 1. The number of amides is 1. The number of rotatable bonds is 14. The van der Waals surface area contributed by atoms with Gasteiger partial charge in [0, 0.05) is 56.5 Å². The third kappa shape index (κ3) is 8.41. The van der Waals surface area contributed by atoms with E-state index in [0.717, 1.165) is 50.3 Å². The highest BCUT2D eigenvalue weighted by Crippen LogP contribution is 2.39. The summed E-state index contributed by atoms with van der Waals surface area (Å²) >= 11 is 0. The van der Waals surface area contributed by atoms with Crippen molar-refractivity contribution in [3.8, 4) is 5.75 Å². The van der Waals surface area contributed by atoms with Crippen LogP contribution in [-0.4, -0.2) is 75.9 Å². The zero-order chi connectivity index (χ0) is 32.6. The summed E-state index contributed by atoms with van der Waals surface area (Å²) < 4.78 is 31.8. The van der Waals surface area contributed by atoms with Gasteiger partial charge in [0.1, 0.15) is 11.6 Å². The average Bonchev–Trinajstić information content (AvgIpc) is 3.03. The second-order valence-corrected chi connectivity index (χ2v) is 13.8. The molecule has 3 aromatic rings. The van der Waals surface area contributed by atoms with Crippen LogP contribution in [0.15, 0.2) is 47.5 Å². The van der Waals surface area contributed by atoms with E-state index in [-0.39, 0.29) is 16.8 Å². The van der Waals surface area contributed by atoms with Crippen molar-refractivity contribution in [1.82, 2.24) is 20.6 Å². The summed E-state index contributed by atoms with van der Waals surface area (Å²) in [5.74, 6) is 1.21. The molecular weight excluding hydrogens is 592 g/mol. The normalized spacial score (nSPS) is 14.0. The quantitative estimate of drug-likeness (QED) is 0.158. The number of para-hydroxylation sites is 1. The number of carbonyl (C=O) groups excluding carboxylic acids is 1. The van der Waals surface area contributed by atoms with Crippen molar-refractivity contribution >= 4 is 50.3 Å². The number of benzene rings is 2. The van der Waals surface area contributed by atoms with E-state index in [2.05, 4.69) is 41.5 Å². The van der Waals surface area contributed by atoms with Crippen molar-refractivity contribution in [2.45, 2.75) is 63.1 Å². The van der Waals surface area contributed by atoms with Gasteiger partial charge in [0.2, 0.25) is 11.9 Å². The third-order valence-electron chi connectivity index (χ3n) is 7.84. The van der Waals surface area contributed by atoms with Crippen LogP contribution in [0.2, 0.25) is 0 Å². The van der Waals surface area contributed by atoms with Gasteiger partial charge < -0.3 is 36.2 Å². The molecule has 12 nitrogen and oxygen atoms in total. The number of hydrogen-bond donors (Lipinski definition) is 5. The maximum Gasteiger partial charge on any atom is 0.229 e. The molecule has 1 aromatic heterocycles. The van der Waals surface area contributed by atoms with E-state index in [1.807, 2.05) is 33.0 Å². The van der Waals surface area contributed by atoms with Crippen molar-refractivity contribution in [3.05, 3.63) is 48.2 Å². The first-order valence-electron chi connectivity index (χ1n) is 15.4. The molecule has 1 aliphatic heterocycles. The van der Waals surface area contributed by atoms with Gasteiger partial charge in [0.05, 0.1) is 40.0 Å². The summed E-state index contributed by atoms with van der Waals surface area (Å²) in [6.45, 7) is 10.5. The Labute approximate surface area is 266 Å². The van der Waals surface area contributed by atoms with Crippen molar-refractivity contribution in [2.24, 2.45) is 0 Å². The predicted octanol–water partition coefficient (Wildman–Crippen LogP) is 4.59. The van der Waals surface area contributed by atoms with Crippen LogP contribution < -0.4 is 36.2 Å². The number of hydrogen-bond acceptors (Lipinski definition) is 11. The Morgan fingerprint density at radius 1 is 1.07 bits per heavy atom. The minimum Gasteiger partial charge on any atom is -0.494 e. The molecule has 4 rings (SSSR count). The number of aryl methyl sites for hydroxylation is 1. The monoisotopic (exact) mass is 638 g/mol. The molecule has 1 aliphatic rings. The summed E-state index contributed by atoms with van der Waals surface area (Å²) in [6, 6.07) is 11.0. The van der Waals surface area contributed by atoms with Crippen LogP contribution in [0.5, 0.6) is 5.75 Å². The Bertz CT molecular complexity index is 1570. The van der Waals surface area contributed by atoms with Gasteiger partial charge in [-0.3, -0.25) is 4.79 Å². The number of anilines is 6. The van der Waals surface area contributed by atoms with Gasteiger partial charge in [0.15, 0.2) is 9.84 Å². The van der Waals surface area contributed by atoms with E-state index in [0.29, 0.717) is 41.1 Å². The maximum absolute atomic E-state index is 13.0. The Morgan fingerprint density at radius 3 is 2.47 bits per heavy atom. The molecule has 1 saturated heterocycles. The first kappa shape index (κ1) is 33.9. The smallest absolute Gasteiger partial charge is 0.229 e. The van der Waals surface area contributed by atoms with Crippen molar-refractivity contribution in [1.29, 1.82) is 0 Å². The first-order valence-corrected chi connectivity index (χ1v) is 17.0. The molecule has 244 valence electrons. The highest BCUT2D eigenvalue weighted by atomic mass is 32.2. The molecule has 2 heterocycles. The highest BCUT2D eigenvalue weighted by molar-refractivity contribution is 7.92. The summed E-state index contributed by atoms with van der Waals surface area (Å²) in [6.07, 6.45) is 3.98. The molecule has 0 bridgehead atoms. The van der Waals surface area contributed by atoms with E-state index in [9.17, 15) is 13.2 Å². The molecule has 0 atom stereocenters. The molecule has 0 spiro atoms. The SMILES string of the molecule is CCC(=O)Nc1cc(Nc2ncc(C)c(Nc3ccccc3S(=O)(=O)C(C)C)n2)c(OC)cc1N1CCC(NCCNC)CC1. The van der Waals surface area contributed by atoms with Crippen LogP contribution in [0.3, 0.4) is 0 Å². The van der Waals surface area contributed by atoms with E-state index in [1.54, 1.807) is 51.4 Å². The highest BCUT2D eigenvalue weighted by Gasteiger charge is 2.25. The number of likely N-dealkylation sites (N-methyl/N-ethyl adjacent to an activating group) is 1. The second kappa shape index (κ2) is 15.4. The Hall–Kier alpha value is -3.94. The summed E-state index contributed by atoms with van der Waals surface area (Å²) in [4.78, 5) is 24.2. The molecule has 0 unspecified atom stereocenters. The van der Waals surface area contributed by atoms with Gasteiger partial charge in [-0.15, -0.1) is 0 Å². The fourth-order valence-corrected chi connectivity index (χ4v) is 6.31. The zero-order valence-electron chi connectivity index (χ0n) is 27.0. The van der Waals surface area contributed by atoms with E-state index in [1.165, 1.54) is 0 Å². The summed E-state index contributed by atoms with van der Waals surface area (Å²) in [5, 5.41) is 15.7. The topological polar surface area (TPSA) is 150 Å². The molecule has 0 saturated carbocycles. The third-order valence-corrected chi connectivity index (χ3v) is 10.1. The lowest BCUT2D eigenvalue weighted by atomic mass is 10.0. The minimum atomic E-state index is -3.53. The summed E-state index contributed by atoms with van der Waals surface area (Å²) in [7, 11) is 0.0190. The van der Waals surface area contributed by atoms with E-state index >= 15 is 0 Å². The standard InChI is InChI=1S/C32H46N8O4S/c1-7-30(41)36-25-18-26(28(44-6)19-27(25)40-16-12-23(13-17-40)34-15-14-33-5)38-32-35-20-22(4)31(39-32)37-24-10-8-9-11-29(24)45(42,43)21(2)3/h8-11,18-21,23,33-34H,7,12-17H2,1-6H3,(H,36,41)(H2,35,37,38,39). The van der Waals surface area contributed by atoms with Crippen molar-refractivity contribution in [2.75, 3.05) is 61.2 Å². The molecule has 1 fully saturated rings. The molecular formula is C32H46N8O4S. The van der Waals surface area contributed by atoms with Crippen LogP contribution in [0.1, 0.15) is 45.6 Å². The van der Waals surface area contributed by atoms with E-state index in [4.69, 9.17) is 4.74 Å². The van der Waals surface area contributed by atoms with Crippen LogP contribution in [0.25, 0.3) is 0 Å². The first-order chi connectivity index (χ1) is 21.6. The van der Waals surface area contributed by atoms with Crippen LogP contribution in [0.4, 0.5) is 34.5 Å². The molecule has 13 heteroatoms. The van der Waals surface area contributed by atoms with Crippen molar-refractivity contribution < 1.29 is 17.9 Å². The number of methoxy groups -OCH3 is 1. The second-order valence-electron chi connectivity index (χ2n) is 11.4. The maximum atomic E-state index is 13.0. The minimum absolute atomic E-state index is 0.0935. The zero-order valence-corrected chi connectivity index (χ0v) is 27.8.